The Morgan fingerprint density at radius 2 is 1.90 bits per heavy atom. The van der Waals surface area contributed by atoms with Gasteiger partial charge in [-0.05, 0) is 44.2 Å². The van der Waals surface area contributed by atoms with E-state index in [2.05, 4.69) is 10.6 Å². The van der Waals surface area contributed by atoms with Crippen LogP contribution in [0.2, 0.25) is 5.02 Å². The fraction of sp³-hybridized carbons (Fsp3) is 0.333. The number of ether oxygens (including phenoxy) is 1. The zero-order valence-electron chi connectivity index (χ0n) is 17.4. The lowest BCUT2D eigenvalue weighted by Gasteiger charge is -2.21. The number of halogens is 1. The van der Waals surface area contributed by atoms with E-state index in [1.54, 1.807) is 30.3 Å². The van der Waals surface area contributed by atoms with Gasteiger partial charge in [-0.3, -0.25) is 13.9 Å². The van der Waals surface area contributed by atoms with E-state index in [1.165, 1.54) is 16.4 Å². The number of benzene rings is 2. The van der Waals surface area contributed by atoms with Gasteiger partial charge in [0.2, 0.25) is 10.0 Å². The van der Waals surface area contributed by atoms with Crippen LogP contribution in [0.5, 0.6) is 5.75 Å². The zero-order valence-corrected chi connectivity index (χ0v) is 19.0. The van der Waals surface area contributed by atoms with Crippen LogP contribution in [-0.4, -0.2) is 45.2 Å². The molecule has 2 aromatic rings. The molecule has 0 radical (unpaired) electrons. The fourth-order valence-corrected chi connectivity index (χ4v) is 4.33. The molecule has 1 aliphatic heterocycles. The van der Waals surface area contributed by atoms with E-state index in [0.29, 0.717) is 16.3 Å². The fourth-order valence-electron chi connectivity index (χ4n) is 3.22. The summed E-state index contributed by atoms with van der Waals surface area (Å²) in [5.74, 6) is -0.560. The van der Waals surface area contributed by atoms with Crippen LogP contribution >= 0.6 is 11.6 Å². The Bertz CT molecular complexity index is 1100. The molecule has 2 N–H and O–H groups in total. The van der Waals surface area contributed by atoms with E-state index in [-0.39, 0.29) is 36.4 Å². The van der Waals surface area contributed by atoms with Gasteiger partial charge < -0.3 is 15.4 Å². The van der Waals surface area contributed by atoms with Gasteiger partial charge in [0.05, 0.1) is 23.2 Å². The molecule has 2 amide bonds. The van der Waals surface area contributed by atoms with Crippen molar-refractivity contribution in [1.29, 1.82) is 0 Å². The maximum atomic E-state index is 13.0. The number of nitrogens with zero attached hydrogens (tertiary/aromatic N) is 1. The Labute approximate surface area is 186 Å². The van der Waals surface area contributed by atoms with Crippen LogP contribution in [0.25, 0.3) is 0 Å². The quantitative estimate of drug-likeness (QED) is 0.706. The molecule has 1 aliphatic rings. The molecule has 10 heteroatoms. The van der Waals surface area contributed by atoms with Gasteiger partial charge in [-0.1, -0.05) is 23.7 Å². The molecule has 0 unspecified atom stereocenters. The molecule has 3 rings (SSSR count). The summed E-state index contributed by atoms with van der Waals surface area (Å²) < 4.78 is 31.6. The van der Waals surface area contributed by atoms with Gasteiger partial charge >= 0.3 is 0 Å². The number of anilines is 2. The van der Waals surface area contributed by atoms with Gasteiger partial charge in [0.15, 0.2) is 6.10 Å². The first-order valence-corrected chi connectivity index (χ1v) is 11.9. The van der Waals surface area contributed by atoms with Crippen molar-refractivity contribution < 1.29 is 22.7 Å². The molecular formula is C21H24ClN3O5S. The van der Waals surface area contributed by atoms with Crippen molar-refractivity contribution in [3.63, 3.8) is 0 Å². The average molecular weight is 466 g/mol. The second kappa shape index (κ2) is 9.15. The van der Waals surface area contributed by atoms with E-state index in [4.69, 9.17) is 16.3 Å². The lowest BCUT2D eigenvalue weighted by Crippen LogP contribution is -2.36. The SMILES string of the molecule is CC(C)NC(=O)c1ccccc1NC(=O)[C@H]1CCN(S(C)(=O)=O)c2cc(Cl)ccc2O1. The molecule has 0 saturated carbocycles. The van der Waals surface area contributed by atoms with Gasteiger partial charge in [-0.15, -0.1) is 0 Å². The number of carbonyl (C=O) groups excluding carboxylic acids is 2. The van der Waals surface area contributed by atoms with Crippen LogP contribution in [0.15, 0.2) is 42.5 Å². The number of rotatable bonds is 5. The summed E-state index contributed by atoms with van der Waals surface area (Å²) in [5, 5.41) is 5.89. The summed E-state index contributed by atoms with van der Waals surface area (Å²) in [6, 6.07) is 11.2. The van der Waals surface area contributed by atoms with Gasteiger partial charge in [-0.2, -0.15) is 0 Å². The third-order valence-corrected chi connectivity index (χ3v) is 6.01. The van der Waals surface area contributed by atoms with Crippen LogP contribution in [0.3, 0.4) is 0 Å². The molecule has 0 fully saturated rings. The minimum absolute atomic E-state index is 0.0414. The van der Waals surface area contributed by atoms with Crippen LogP contribution in [0, 0.1) is 0 Å². The van der Waals surface area contributed by atoms with Gasteiger partial charge in [0, 0.05) is 24.0 Å². The molecule has 1 heterocycles. The van der Waals surface area contributed by atoms with Crippen molar-refractivity contribution >= 4 is 44.8 Å². The highest BCUT2D eigenvalue weighted by atomic mass is 35.5. The Kier molecular flexibility index (Phi) is 6.76. The normalized spacial score (nSPS) is 16.2. The maximum absolute atomic E-state index is 13.0. The summed E-state index contributed by atoms with van der Waals surface area (Å²) in [5.41, 5.74) is 0.944. The standard InChI is InChI=1S/C21H24ClN3O5S/c1-13(2)23-20(26)15-6-4-5-7-16(15)24-21(27)19-10-11-25(31(3,28)29)17-12-14(22)8-9-18(17)30-19/h4-9,12-13,19H,10-11H2,1-3H3,(H,23,26)(H,24,27)/t19-/m1/s1. The molecule has 31 heavy (non-hydrogen) atoms. The Balaban J connectivity index is 1.86. The number of hydrogen-bond donors (Lipinski definition) is 2. The number of carbonyl (C=O) groups is 2. The van der Waals surface area contributed by atoms with Crippen molar-refractivity contribution in [3.8, 4) is 5.75 Å². The highest BCUT2D eigenvalue weighted by Gasteiger charge is 2.32. The third kappa shape index (κ3) is 5.48. The first-order valence-electron chi connectivity index (χ1n) is 9.71. The topological polar surface area (TPSA) is 105 Å². The number of nitrogens with one attached hydrogen (secondary N) is 2. The number of fused-ring (bicyclic) bond motifs is 1. The van der Waals surface area contributed by atoms with Crippen LogP contribution in [0.4, 0.5) is 11.4 Å². The van der Waals surface area contributed by atoms with E-state index < -0.39 is 22.0 Å². The number of para-hydroxylation sites is 1. The lowest BCUT2D eigenvalue weighted by atomic mass is 10.1. The Morgan fingerprint density at radius 1 is 1.19 bits per heavy atom. The van der Waals surface area contributed by atoms with Gasteiger partial charge in [-0.25, -0.2) is 8.42 Å². The molecule has 0 aromatic heterocycles. The molecule has 166 valence electrons. The Morgan fingerprint density at radius 3 is 2.58 bits per heavy atom. The molecule has 0 bridgehead atoms. The molecular weight excluding hydrogens is 442 g/mol. The van der Waals surface area contributed by atoms with E-state index in [1.807, 2.05) is 13.8 Å². The molecule has 2 aromatic carbocycles. The third-order valence-electron chi connectivity index (χ3n) is 4.60. The molecule has 0 spiro atoms. The molecule has 0 aliphatic carbocycles. The summed E-state index contributed by atoms with van der Waals surface area (Å²) in [4.78, 5) is 25.4. The van der Waals surface area contributed by atoms with Gasteiger partial charge in [0.25, 0.3) is 11.8 Å². The monoisotopic (exact) mass is 465 g/mol. The molecule has 8 nitrogen and oxygen atoms in total. The van der Waals surface area contributed by atoms with E-state index >= 15 is 0 Å². The van der Waals surface area contributed by atoms with Crippen molar-refractivity contribution in [2.75, 3.05) is 22.4 Å². The second-order valence-electron chi connectivity index (χ2n) is 7.51. The summed E-state index contributed by atoms with van der Waals surface area (Å²) in [7, 11) is -3.61. The summed E-state index contributed by atoms with van der Waals surface area (Å²) >= 11 is 6.04. The van der Waals surface area contributed by atoms with Crippen LogP contribution in [0.1, 0.15) is 30.6 Å². The predicted molar refractivity (Wildman–Crippen MR) is 120 cm³/mol. The number of amides is 2. The first-order chi connectivity index (χ1) is 14.6. The van der Waals surface area contributed by atoms with Crippen LogP contribution < -0.4 is 19.7 Å². The number of hydrogen-bond acceptors (Lipinski definition) is 5. The number of sulfonamides is 1. The van der Waals surface area contributed by atoms with Gasteiger partial charge in [0.1, 0.15) is 5.75 Å². The smallest absolute Gasteiger partial charge is 0.265 e. The predicted octanol–water partition coefficient (Wildman–Crippen LogP) is 3.03. The maximum Gasteiger partial charge on any atom is 0.265 e. The van der Waals surface area contributed by atoms with Crippen molar-refractivity contribution in [1.82, 2.24) is 5.32 Å². The Hall–Kier alpha value is -2.78. The highest BCUT2D eigenvalue weighted by Crippen LogP contribution is 2.36. The lowest BCUT2D eigenvalue weighted by molar-refractivity contribution is -0.122. The summed E-state index contributed by atoms with van der Waals surface area (Å²) in [6.45, 7) is 3.73. The van der Waals surface area contributed by atoms with E-state index in [9.17, 15) is 18.0 Å². The van der Waals surface area contributed by atoms with E-state index in [0.717, 1.165) is 6.26 Å². The first kappa shape index (κ1) is 22.9. The van der Waals surface area contributed by atoms with Crippen molar-refractivity contribution in [3.05, 3.63) is 53.1 Å². The van der Waals surface area contributed by atoms with Crippen LogP contribution in [-0.2, 0) is 14.8 Å². The molecule has 0 saturated heterocycles. The second-order valence-corrected chi connectivity index (χ2v) is 9.85. The summed E-state index contributed by atoms with van der Waals surface area (Å²) in [6.07, 6.45) is 0.237. The minimum atomic E-state index is -3.61. The largest absolute Gasteiger partial charge is 0.478 e. The highest BCUT2D eigenvalue weighted by molar-refractivity contribution is 7.92. The van der Waals surface area contributed by atoms with Crippen molar-refractivity contribution in [2.45, 2.75) is 32.4 Å². The average Bonchev–Trinajstić information content (AvgIpc) is 2.87. The zero-order chi connectivity index (χ0) is 22.8. The minimum Gasteiger partial charge on any atom is -0.478 e. The van der Waals surface area contributed by atoms with Crippen molar-refractivity contribution in [2.24, 2.45) is 0 Å². The molecule has 1 atom stereocenters.